The van der Waals surface area contributed by atoms with Gasteiger partial charge in [0.2, 0.25) is 0 Å². The third-order valence-corrected chi connectivity index (χ3v) is 3.10. The zero-order chi connectivity index (χ0) is 15.9. The Bertz CT molecular complexity index is 612. The van der Waals surface area contributed by atoms with Gasteiger partial charge in [0.05, 0.1) is 25.5 Å². The SMILES string of the molecule is COc1ccc(OCCN(C)C(=O)c2cnc(C)cn2)cc1. The molecule has 2 rings (SSSR count). The van der Waals surface area contributed by atoms with Crippen LogP contribution in [0.5, 0.6) is 11.5 Å². The zero-order valence-electron chi connectivity index (χ0n) is 12.9. The second-order valence-electron chi connectivity index (χ2n) is 4.79. The van der Waals surface area contributed by atoms with Gasteiger partial charge in [-0.15, -0.1) is 0 Å². The number of aromatic nitrogens is 2. The normalized spacial score (nSPS) is 10.1. The Morgan fingerprint density at radius 2 is 1.82 bits per heavy atom. The lowest BCUT2D eigenvalue weighted by Gasteiger charge is -2.17. The van der Waals surface area contributed by atoms with Crippen molar-refractivity contribution in [2.24, 2.45) is 0 Å². The average Bonchev–Trinajstić information content (AvgIpc) is 2.55. The van der Waals surface area contributed by atoms with Crippen LogP contribution in [-0.2, 0) is 0 Å². The van der Waals surface area contributed by atoms with Crippen LogP contribution >= 0.6 is 0 Å². The van der Waals surface area contributed by atoms with Crippen LogP contribution in [0.15, 0.2) is 36.7 Å². The summed E-state index contributed by atoms with van der Waals surface area (Å²) in [6.45, 7) is 2.68. The molecule has 0 fully saturated rings. The summed E-state index contributed by atoms with van der Waals surface area (Å²) in [5, 5.41) is 0. The molecule has 1 aromatic heterocycles. The number of hydrogen-bond donors (Lipinski definition) is 0. The van der Waals surface area contributed by atoms with Crippen LogP contribution in [0.2, 0.25) is 0 Å². The molecule has 0 aliphatic heterocycles. The van der Waals surface area contributed by atoms with Gasteiger partial charge in [0, 0.05) is 13.2 Å². The maximum Gasteiger partial charge on any atom is 0.273 e. The van der Waals surface area contributed by atoms with E-state index in [9.17, 15) is 4.79 Å². The fraction of sp³-hybridized carbons (Fsp3) is 0.312. The second kappa shape index (κ2) is 7.40. The first kappa shape index (κ1) is 15.8. The van der Waals surface area contributed by atoms with Gasteiger partial charge < -0.3 is 14.4 Å². The summed E-state index contributed by atoms with van der Waals surface area (Å²) in [5.74, 6) is 1.33. The average molecular weight is 301 g/mol. The van der Waals surface area contributed by atoms with E-state index >= 15 is 0 Å². The number of nitrogens with zero attached hydrogens (tertiary/aromatic N) is 3. The minimum atomic E-state index is -0.175. The molecule has 0 aliphatic rings. The minimum absolute atomic E-state index is 0.175. The quantitative estimate of drug-likeness (QED) is 0.816. The molecule has 0 saturated heterocycles. The largest absolute Gasteiger partial charge is 0.497 e. The maximum atomic E-state index is 12.1. The number of carbonyl (C=O) groups excluding carboxylic acids is 1. The Morgan fingerprint density at radius 3 is 2.41 bits per heavy atom. The van der Waals surface area contributed by atoms with Crippen LogP contribution in [0.1, 0.15) is 16.2 Å². The van der Waals surface area contributed by atoms with E-state index < -0.39 is 0 Å². The number of carbonyl (C=O) groups is 1. The van der Waals surface area contributed by atoms with Crippen molar-refractivity contribution in [2.75, 3.05) is 27.3 Å². The number of hydrogen-bond acceptors (Lipinski definition) is 5. The first-order chi connectivity index (χ1) is 10.6. The highest BCUT2D eigenvalue weighted by atomic mass is 16.5. The third-order valence-electron chi connectivity index (χ3n) is 3.10. The second-order valence-corrected chi connectivity index (χ2v) is 4.79. The van der Waals surface area contributed by atoms with Crippen molar-refractivity contribution >= 4 is 5.91 Å². The third kappa shape index (κ3) is 4.18. The van der Waals surface area contributed by atoms with E-state index in [-0.39, 0.29) is 5.91 Å². The number of ether oxygens (including phenoxy) is 2. The minimum Gasteiger partial charge on any atom is -0.497 e. The fourth-order valence-electron chi connectivity index (χ4n) is 1.77. The van der Waals surface area contributed by atoms with Crippen molar-refractivity contribution in [2.45, 2.75) is 6.92 Å². The number of rotatable bonds is 6. The molecular formula is C16H19N3O3. The van der Waals surface area contributed by atoms with Crippen molar-refractivity contribution in [3.63, 3.8) is 0 Å². The molecule has 116 valence electrons. The molecular weight excluding hydrogens is 282 g/mol. The van der Waals surface area contributed by atoms with Gasteiger partial charge in [0.15, 0.2) is 0 Å². The van der Waals surface area contributed by atoms with Gasteiger partial charge in [0.1, 0.15) is 23.8 Å². The van der Waals surface area contributed by atoms with Gasteiger partial charge >= 0.3 is 0 Å². The van der Waals surface area contributed by atoms with Gasteiger partial charge in [0.25, 0.3) is 5.91 Å². The molecule has 0 radical (unpaired) electrons. The molecule has 1 heterocycles. The lowest BCUT2D eigenvalue weighted by Crippen LogP contribution is -2.31. The highest BCUT2D eigenvalue weighted by Gasteiger charge is 2.13. The molecule has 0 saturated carbocycles. The van der Waals surface area contributed by atoms with E-state index in [1.165, 1.54) is 6.20 Å². The first-order valence-electron chi connectivity index (χ1n) is 6.91. The van der Waals surface area contributed by atoms with Crippen LogP contribution < -0.4 is 9.47 Å². The first-order valence-corrected chi connectivity index (χ1v) is 6.91. The number of amides is 1. The monoisotopic (exact) mass is 301 g/mol. The van der Waals surface area contributed by atoms with Gasteiger partial charge in [-0.05, 0) is 31.2 Å². The van der Waals surface area contributed by atoms with E-state index in [0.29, 0.717) is 18.8 Å². The lowest BCUT2D eigenvalue weighted by atomic mass is 10.3. The van der Waals surface area contributed by atoms with Crippen LogP contribution in [-0.4, -0.2) is 48.1 Å². The summed E-state index contributed by atoms with van der Waals surface area (Å²) in [4.78, 5) is 21.8. The summed E-state index contributed by atoms with van der Waals surface area (Å²) in [6.07, 6.45) is 3.06. The van der Waals surface area contributed by atoms with E-state index in [2.05, 4.69) is 9.97 Å². The zero-order valence-corrected chi connectivity index (χ0v) is 12.9. The Kier molecular flexibility index (Phi) is 5.30. The number of benzene rings is 1. The predicted molar refractivity (Wildman–Crippen MR) is 82.2 cm³/mol. The lowest BCUT2D eigenvalue weighted by molar-refractivity contribution is 0.0767. The maximum absolute atomic E-state index is 12.1. The van der Waals surface area contributed by atoms with Gasteiger partial charge in [-0.3, -0.25) is 9.78 Å². The number of methoxy groups -OCH3 is 1. The predicted octanol–water partition coefficient (Wildman–Crippen LogP) is 1.94. The van der Waals surface area contributed by atoms with Crippen molar-refractivity contribution in [1.29, 1.82) is 0 Å². The Hall–Kier alpha value is -2.63. The van der Waals surface area contributed by atoms with Gasteiger partial charge in [-0.25, -0.2) is 4.98 Å². The van der Waals surface area contributed by atoms with E-state index in [4.69, 9.17) is 9.47 Å². The molecule has 0 atom stereocenters. The summed E-state index contributed by atoms with van der Waals surface area (Å²) >= 11 is 0. The topological polar surface area (TPSA) is 64.6 Å². The Labute approximate surface area is 129 Å². The molecule has 1 aromatic carbocycles. The molecule has 2 aromatic rings. The molecule has 0 bridgehead atoms. The Balaban J connectivity index is 1.82. The molecule has 6 heteroatoms. The van der Waals surface area contributed by atoms with Crippen molar-refractivity contribution < 1.29 is 14.3 Å². The molecule has 0 spiro atoms. The highest BCUT2D eigenvalue weighted by molar-refractivity contribution is 5.91. The van der Waals surface area contributed by atoms with Crippen LogP contribution in [0.3, 0.4) is 0 Å². The van der Waals surface area contributed by atoms with Crippen LogP contribution in [0, 0.1) is 6.92 Å². The van der Waals surface area contributed by atoms with Gasteiger partial charge in [-0.2, -0.15) is 0 Å². The highest BCUT2D eigenvalue weighted by Crippen LogP contribution is 2.16. The molecule has 1 amide bonds. The van der Waals surface area contributed by atoms with Crippen LogP contribution in [0.4, 0.5) is 0 Å². The van der Waals surface area contributed by atoms with Crippen molar-refractivity contribution in [3.8, 4) is 11.5 Å². The molecule has 0 N–H and O–H groups in total. The molecule has 0 aliphatic carbocycles. The van der Waals surface area contributed by atoms with Crippen molar-refractivity contribution in [3.05, 3.63) is 48.0 Å². The van der Waals surface area contributed by atoms with E-state index in [1.54, 1.807) is 25.3 Å². The summed E-state index contributed by atoms with van der Waals surface area (Å²) < 4.78 is 10.7. The van der Waals surface area contributed by atoms with Gasteiger partial charge in [-0.1, -0.05) is 0 Å². The van der Waals surface area contributed by atoms with E-state index in [0.717, 1.165) is 17.2 Å². The molecule has 0 unspecified atom stereocenters. The standard InChI is InChI=1S/C16H19N3O3/c1-12-10-18-15(11-17-12)16(20)19(2)8-9-22-14-6-4-13(21-3)5-7-14/h4-7,10-11H,8-9H2,1-3H3. The molecule has 22 heavy (non-hydrogen) atoms. The number of likely N-dealkylation sites (N-methyl/N-ethyl adjacent to an activating group) is 1. The summed E-state index contributed by atoms with van der Waals surface area (Å²) in [5.41, 5.74) is 1.11. The number of aryl methyl sites for hydroxylation is 1. The fourth-order valence-corrected chi connectivity index (χ4v) is 1.77. The molecule has 6 nitrogen and oxygen atoms in total. The van der Waals surface area contributed by atoms with Crippen LogP contribution in [0.25, 0.3) is 0 Å². The summed E-state index contributed by atoms with van der Waals surface area (Å²) in [6, 6.07) is 7.30. The van der Waals surface area contributed by atoms with E-state index in [1.807, 2.05) is 31.2 Å². The van der Waals surface area contributed by atoms with Crippen molar-refractivity contribution in [1.82, 2.24) is 14.9 Å². The Morgan fingerprint density at radius 1 is 1.14 bits per heavy atom. The summed E-state index contributed by atoms with van der Waals surface area (Å²) in [7, 11) is 3.33. The smallest absolute Gasteiger partial charge is 0.273 e.